The molecule has 0 atom stereocenters. The highest BCUT2D eigenvalue weighted by atomic mass is 32.2. The highest BCUT2D eigenvalue weighted by Gasteiger charge is 2.50. The molecule has 4 heteroatoms. The summed E-state index contributed by atoms with van der Waals surface area (Å²) >= 11 is 3.76. The van der Waals surface area contributed by atoms with Gasteiger partial charge in [-0.3, -0.25) is 0 Å². The normalized spacial score (nSPS) is 12.8. The van der Waals surface area contributed by atoms with Crippen LogP contribution in [0.5, 0.6) is 0 Å². The Morgan fingerprint density at radius 2 is 0.803 bits per heavy atom. The third-order valence-electron chi connectivity index (χ3n) is 14.5. The van der Waals surface area contributed by atoms with Gasteiger partial charge in [0, 0.05) is 53.7 Å². The highest BCUT2D eigenvalue weighted by Crippen LogP contribution is 2.63. The van der Waals surface area contributed by atoms with E-state index in [0.29, 0.717) is 0 Å². The first-order valence-electron chi connectivity index (χ1n) is 24.2. The van der Waals surface area contributed by atoms with Crippen LogP contribution in [0.15, 0.2) is 277 Å². The Hall–Kier alpha value is -8.41. The number of anilines is 6. The number of hydrogen-bond acceptors (Lipinski definition) is 4. The van der Waals surface area contributed by atoms with Crippen LogP contribution in [0.2, 0.25) is 0 Å². The standard InChI is InChI=1S/C67H44N2S2/c1-4-20-45(21-5-1)47-24-18-28-50(40-47)68(51-29-19-25-48(41-51)46-22-6-2-7-23-46)53-42-57-56-32-12-16-36-63(56)71-66(57)62(43-53)69(49-26-8-3-9-27-49)52-38-39-61-65(44-52)70-64-37-17-15-35-60(64)67(61)58-33-13-10-30-54(58)55-31-11-14-34-59(55)67/h1-44H. The third kappa shape index (κ3) is 6.71. The number of hydrogen-bond donors (Lipinski definition) is 0. The highest BCUT2D eigenvalue weighted by molar-refractivity contribution is 7.99. The summed E-state index contributed by atoms with van der Waals surface area (Å²) in [6.45, 7) is 0. The van der Waals surface area contributed by atoms with E-state index in [1.807, 2.05) is 23.1 Å². The van der Waals surface area contributed by atoms with Crippen LogP contribution in [0, 0.1) is 0 Å². The van der Waals surface area contributed by atoms with E-state index in [2.05, 4.69) is 277 Å². The largest absolute Gasteiger partial charge is 0.310 e. The first kappa shape index (κ1) is 41.6. The van der Waals surface area contributed by atoms with Gasteiger partial charge in [-0.05, 0) is 128 Å². The Morgan fingerprint density at radius 1 is 0.296 bits per heavy atom. The molecule has 0 N–H and O–H groups in total. The number of rotatable bonds is 8. The summed E-state index contributed by atoms with van der Waals surface area (Å²) in [6.07, 6.45) is 0. The molecule has 0 amide bonds. The molecule has 1 aliphatic carbocycles. The maximum Gasteiger partial charge on any atom is 0.0735 e. The lowest BCUT2D eigenvalue weighted by Crippen LogP contribution is -2.32. The van der Waals surface area contributed by atoms with Crippen molar-refractivity contribution in [3.8, 4) is 33.4 Å². The molecule has 334 valence electrons. The molecular formula is C67H44N2S2. The van der Waals surface area contributed by atoms with Crippen molar-refractivity contribution in [2.75, 3.05) is 9.80 Å². The molecule has 1 aliphatic heterocycles. The second-order valence-electron chi connectivity index (χ2n) is 18.4. The summed E-state index contributed by atoms with van der Waals surface area (Å²) in [5.41, 5.74) is 18.8. The van der Waals surface area contributed by atoms with E-state index in [1.54, 1.807) is 0 Å². The maximum absolute atomic E-state index is 2.50. The van der Waals surface area contributed by atoms with Crippen LogP contribution in [-0.2, 0) is 5.41 Å². The van der Waals surface area contributed by atoms with E-state index < -0.39 is 5.41 Å². The zero-order valence-electron chi connectivity index (χ0n) is 38.6. The molecule has 0 saturated heterocycles. The second-order valence-corrected chi connectivity index (χ2v) is 20.5. The van der Waals surface area contributed by atoms with Crippen molar-refractivity contribution < 1.29 is 0 Å². The van der Waals surface area contributed by atoms with Gasteiger partial charge in [-0.25, -0.2) is 0 Å². The predicted octanol–water partition coefficient (Wildman–Crippen LogP) is 19.2. The number of fused-ring (bicyclic) bond motifs is 12. The Morgan fingerprint density at radius 3 is 1.46 bits per heavy atom. The zero-order chi connectivity index (χ0) is 46.9. The maximum atomic E-state index is 2.50. The van der Waals surface area contributed by atoms with Gasteiger partial charge in [0.05, 0.1) is 15.8 Å². The van der Waals surface area contributed by atoms with Gasteiger partial charge in [0.15, 0.2) is 0 Å². The summed E-state index contributed by atoms with van der Waals surface area (Å²) in [7, 11) is 0. The van der Waals surface area contributed by atoms with Crippen LogP contribution < -0.4 is 9.80 Å². The van der Waals surface area contributed by atoms with Crippen LogP contribution in [-0.4, -0.2) is 0 Å². The van der Waals surface area contributed by atoms with Crippen molar-refractivity contribution in [1.29, 1.82) is 0 Å². The van der Waals surface area contributed by atoms with E-state index in [0.717, 1.165) is 34.1 Å². The van der Waals surface area contributed by atoms with Crippen LogP contribution in [0.1, 0.15) is 22.3 Å². The van der Waals surface area contributed by atoms with Crippen LogP contribution in [0.3, 0.4) is 0 Å². The lowest BCUT2D eigenvalue weighted by molar-refractivity contribution is 0.722. The predicted molar refractivity (Wildman–Crippen MR) is 301 cm³/mol. The van der Waals surface area contributed by atoms with E-state index in [1.165, 1.54) is 85.6 Å². The molecule has 12 aromatic rings. The number of nitrogens with zero attached hydrogens (tertiary/aromatic N) is 2. The Kier molecular flexibility index (Phi) is 9.90. The lowest BCUT2D eigenvalue weighted by atomic mass is 9.67. The lowest BCUT2D eigenvalue weighted by Gasteiger charge is -2.40. The van der Waals surface area contributed by atoms with E-state index in [-0.39, 0.29) is 0 Å². The molecular weight excluding hydrogens is 897 g/mol. The minimum atomic E-state index is -0.456. The summed E-state index contributed by atoms with van der Waals surface area (Å²) < 4.78 is 2.50. The van der Waals surface area contributed by atoms with Gasteiger partial charge >= 0.3 is 0 Å². The average molecular weight is 941 g/mol. The van der Waals surface area contributed by atoms with Crippen molar-refractivity contribution >= 4 is 77.4 Å². The first-order valence-corrected chi connectivity index (χ1v) is 25.9. The Labute approximate surface area is 422 Å². The summed E-state index contributed by atoms with van der Waals surface area (Å²) in [4.78, 5) is 7.50. The van der Waals surface area contributed by atoms with Crippen molar-refractivity contribution in [1.82, 2.24) is 0 Å². The van der Waals surface area contributed by atoms with Crippen LogP contribution in [0.25, 0.3) is 53.6 Å². The van der Waals surface area contributed by atoms with Gasteiger partial charge in [-0.1, -0.05) is 206 Å². The summed E-state index contributed by atoms with van der Waals surface area (Å²) in [6, 6.07) is 98.6. The number of para-hydroxylation sites is 1. The Bertz CT molecular complexity index is 3860. The number of benzene rings is 11. The fourth-order valence-corrected chi connectivity index (χ4v) is 13.9. The molecule has 1 aromatic heterocycles. The molecule has 0 saturated carbocycles. The van der Waals surface area contributed by atoms with Crippen molar-refractivity contribution in [2.45, 2.75) is 15.2 Å². The topological polar surface area (TPSA) is 6.48 Å². The minimum Gasteiger partial charge on any atom is -0.310 e. The quantitative estimate of drug-likeness (QED) is 0.150. The van der Waals surface area contributed by atoms with E-state index in [9.17, 15) is 0 Å². The number of thiophene rings is 1. The molecule has 2 aliphatic rings. The SMILES string of the molecule is c1ccc(-c2cccc(N(c3cccc(-c4ccccc4)c3)c3cc(N(c4ccccc4)c4ccc5c(c4)Sc4ccccc4C54c5ccccc5-c5ccccc54)c4sc5ccccc5c4c3)c2)cc1. The van der Waals surface area contributed by atoms with Crippen molar-refractivity contribution in [3.05, 3.63) is 289 Å². The fourth-order valence-electron chi connectivity index (χ4n) is 11.4. The van der Waals surface area contributed by atoms with Crippen molar-refractivity contribution in [2.24, 2.45) is 0 Å². The monoisotopic (exact) mass is 940 g/mol. The molecule has 0 fully saturated rings. The summed E-state index contributed by atoms with van der Waals surface area (Å²) in [5, 5.41) is 2.47. The fraction of sp³-hybridized carbons (Fsp3) is 0.0149. The smallest absolute Gasteiger partial charge is 0.0735 e. The van der Waals surface area contributed by atoms with Gasteiger partial charge < -0.3 is 9.80 Å². The molecule has 14 rings (SSSR count). The van der Waals surface area contributed by atoms with Gasteiger partial charge in [0.1, 0.15) is 0 Å². The zero-order valence-corrected chi connectivity index (χ0v) is 40.2. The van der Waals surface area contributed by atoms with Crippen LogP contribution in [0.4, 0.5) is 34.1 Å². The molecule has 0 unspecified atom stereocenters. The first-order chi connectivity index (χ1) is 35.2. The van der Waals surface area contributed by atoms with Gasteiger partial charge in [-0.2, -0.15) is 0 Å². The molecule has 2 heterocycles. The molecule has 0 radical (unpaired) electrons. The molecule has 11 aromatic carbocycles. The molecule has 2 nitrogen and oxygen atoms in total. The van der Waals surface area contributed by atoms with Crippen LogP contribution >= 0.6 is 23.1 Å². The minimum absolute atomic E-state index is 0.456. The second kappa shape index (κ2) is 16.9. The Balaban J connectivity index is 1.02. The van der Waals surface area contributed by atoms with E-state index in [4.69, 9.17) is 0 Å². The molecule has 1 spiro atoms. The molecule has 71 heavy (non-hydrogen) atoms. The summed E-state index contributed by atoms with van der Waals surface area (Å²) in [5.74, 6) is 0. The van der Waals surface area contributed by atoms with Crippen molar-refractivity contribution in [3.63, 3.8) is 0 Å². The van der Waals surface area contributed by atoms with Gasteiger partial charge in [0.2, 0.25) is 0 Å². The average Bonchev–Trinajstić information content (AvgIpc) is 3.96. The van der Waals surface area contributed by atoms with Gasteiger partial charge in [-0.15, -0.1) is 11.3 Å². The third-order valence-corrected chi connectivity index (χ3v) is 16.8. The molecule has 0 bridgehead atoms. The van der Waals surface area contributed by atoms with Gasteiger partial charge in [0.25, 0.3) is 0 Å². The van der Waals surface area contributed by atoms with E-state index >= 15 is 0 Å².